The molecule has 1 aromatic heterocycles. The van der Waals surface area contributed by atoms with Crippen LogP contribution in [-0.2, 0) is 16.0 Å². The summed E-state index contributed by atoms with van der Waals surface area (Å²) in [5, 5.41) is 7.26. The molecule has 0 atom stereocenters. The first-order valence-corrected chi connectivity index (χ1v) is 9.48. The molecule has 0 aliphatic carbocycles. The molecule has 0 radical (unpaired) electrons. The Morgan fingerprint density at radius 1 is 0.966 bits per heavy atom. The average Bonchev–Trinajstić information content (AvgIpc) is 3.17. The molecule has 148 valence electrons. The highest BCUT2D eigenvalue weighted by Gasteiger charge is 2.12. The van der Waals surface area contributed by atoms with Gasteiger partial charge in [-0.05, 0) is 42.3 Å². The summed E-state index contributed by atoms with van der Waals surface area (Å²) in [4.78, 5) is 23.6. The third-order valence-electron chi connectivity index (χ3n) is 3.88. The number of hydrazone groups is 1. The first kappa shape index (κ1) is 20.6. The summed E-state index contributed by atoms with van der Waals surface area (Å²) in [6.45, 7) is 0.351. The molecule has 0 bridgehead atoms. The molecule has 6 nitrogen and oxygen atoms in total. The van der Waals surface area contributed by atoms with Gasteiger partial charge in [-0.2, -0.15) is 5.10 Å². The van der Waals surface area contributed by atoms with Gasteiger partial charge in [0.2, 0.25) is 0 Å². The van der Waals surface area contributed by atoms with Crippen molar-refractivity contribution in [1.29, 1.82) is 0 Å². The fraction of sp³-hybridized carbons (Fsp3) is 0.0952. The highest BCUT2D eigenvalue weighted by molar-refractivity contribution is 6.35. The van der Waals surface area contributed by atoms with Gasteiger partial charge >= 0.3 is 11.8 Å². The molecule has 0 unspecified atom stereocenters. The first-order valence-electron chi connectivity index (χ1n) is 8.73. The summed E-state index contributed by atoms with van der Waals surface area (Å²) < 4.78 is 5.62. The summed E-state index contributed by atoms with van der Waals surface area (Å²) in [7, 11) is 0. The predicted molar refractivity (Wildman–Crippen MR) is 113 cm³/mol. The van der Waals surface area contributed by atoms with Gasteiger partial charge in [-0.15, -0.1) is 0 Å². The maximum absolute atomic E-state index is 11.8. The van der Waals surface area contributed by atoms with E-state index in [0.717, 1.165) is 5.56 Å². The van der Waals surface area contributed by atoms with E-state index in [2.05, 4.69) is 15.8 Å². The second-order valence-corrected chi connectivity index (χ2v) is 6.92. The lowest BCUT2D eigenvalue weighted by Gasteiger charge is -2.04. The Kier molecular flexibility index (Phi) is 7.05. The number of furan rings is 1. The first-order chi connectivity index (χ1) is 14.0. The van der Waals surface area contributed by atoms with Crippen LogP contribution in [0.5, 0.6) is 0 Å². The van der Waals surface area contributed by atoms with E-state index < -0.39 is 11.8 Å². The molecule has 2 amide bonds. The van der Waals surface area contributed by atoms with Crippen LogP contribution in [-0.4, -0.2) is 24.6 Å². The third-order valence-corrected chi connectivity index (χ3v) is 4.32. The SMILES string of the molecule is O=C(NCCc1ccccc1)C(=O)N/N=C\c1ccc(-c2cc(Cl)cc(Cl)c2)o1. The third kappa shape index (κ3) is 6.20. The van der Waals surface area contributed by atoms with Crippen molar-refractivity contribution >= 4 is 41.2 Å². The van der Waals surface area contributed by atoms with Crippen LogP contribution >= 0.6 is 23.2 Å². The van der Waals surface area contributed by atoms with Gasteiger partial charge in [-0.25, -0.2) is 5.43 Å². The van der Waals surface area contributed by atoms with Crippen LogP contribution in [0.2, 0.25) is 10.0 Å². The molecule has 3 rings (SSSR count). The maximum Gasteiger partial charge on any atom is 0.329 e. The molecular weight excluding hydrogens is 413 g/mol. The van der Waals surface area contributed by atoms with Crippen LogP contribution in [0.4, 0.5) is 0 Å². The van der Waals surface area contributed by atoms with E-state index in [4.69, 9.17) is 27.6 Å². The molecule has 0 spiro atoms. The van der Waals surface area contributed by atoms with E-state index in [-0.39, 0.29) is 0 Å². The lowest BCUT2D eigenvalue weighted by Crippen LogP contribution is -2.38. The molecule has 0 saturated heterocycles. The molecule has 0 aliphatic heterocycles. The Bertz CT molecular complexity index is 1010. The standard InChI is InChI=1S/C21H17Cl2N3O3/c22-16-10-15(11-17(23)12-16)19-7-6-18(29-19)13-25-26-21(28)20(27)24-9-8-14-4-2-1-3-5-14/h1-7,10-13H,8-9H2,(H,24,27)(H,26,28)/b25-13-. The monoisotopic (exact) mass is 429 g/mol. The van der Waals surface area contributed by atoms with Gasteiger partial charge in [0, 0.05) is 22.2 Å². The summed E-state index contributed by atoms with van der Waals surface area (Å²) >= 11 is 12.0. The number of nitrogens with zero attached hydrogens (tertiary/aromatic N) is 1. The minimum Gasteiger partial charge on any atom is -0.455 e. The van der Waals surface area contributed by atoms with E-state index in [1.54, 1.807) is 30.3 Å². The number of halogens is 2. The Morgan fingerprint density at radius 3 is 2.41 bits per heavy atom. The fourth-order valence-electron chi connectivity index (χ4n) is 2.52. The maximum atomic E-state index is 11.8. The fourth-order valence-corrected chi connectivity index (χ4v) is 3.05. The van der Waals surface area contributed by atoms with E-state index in [0.29, 0.717) is 40.1 Å². The molecular formula is C21H17Cl2N3O3. The minimum atomic E-state index is -0.859. The Balaban J connectivity index is 1.48. The number of benzene rings is 2. The number of carbonyl (C=O) groups is 2. The van der Waals surface area contributed by atoms with Crippen molar-refractivity contribution in [2.45, 2.75) is 6.42 Å². The molecule has 2 aromatic carbocycles. The summed E-state index contributed by atoms with van der Waals surface area (Å²) in [6.07, 6.45) is 1.93. The topological polar surface area (TPSA) is 83.7 Å². The van der Waals surface area contributed by atoms with Gasteiger partial charge in [-0.1, -0.05) is 53.5 Å². The van der Waals surface area contributed by atoms with E-state index >= 15 is 0 Å². The molecule has 0 fully saturated rings. The predicted octanol–water partition coefficient (Wildman–Crippen LogP) is 4.06. The molecule has 0 saturated carbocycles. The Hall–Kier alpha value is -3.09. The largest absolute Gasteiger partial charge is 0.455 e. The van der Waals surface area contributed by atoms with Crippen molar-refractivity contribution < 1.29 is 14.0 Å². The van der Waals surface area contributed by atoms with Crippen molar-refractivity contribution in [1.82, 2.24) is 10.7 Å². The number of nitrogens with one attached hydrogen (secondary N) is 2. The van der Waals surface area contributed by atoms with Crippen LogP contribution in [0, 0.1) is 0 Å². The van der Waals surface area contributed by atoms with Gasteiger partial charge in [0.25, 0.3) is 0 Å². The van der Waals surface area contributed by atoms with Gasteiger partial charge in [0.1, 0.15) is 11.5 Å². The molecule has 8 heteroatoms. The molecule has 3 aromatic rings. The molecule has 2 N–H and O–H groups in total. The van der Waals surface area contributed by atoms with Crippen molar-refractivity contribution in [2.75, 3.05) is 6.54 Å². The zero-order chi connectivity index (χ0) is 20.6. The van der Waals surface area contributed by atoms with E-state index in [1.165, 1.54) is 6.21 Å². The van der Waals surface area contributed by atoms with Crippen molar-refractivity contribution in [3.05, 3.63) is 82.0 Å². The number of carbonyl (C=O) groups excluding carboxylic acids is 2. The molecule has 29 heavy (non-hydrogen) atoms. The van der Waals surface area contributed by atoms with Crippen LogP contribution in [0.25, 0.3) is 11.3 Å². The number of hydrogen-bond donors (Lipinski definition) is 2. The van der Waals surface area contributed by atoms with Gasteiger partial charge in [-0.3, -0.25) is 9.59 Å². The van der Waals surface area contributed by atoms with Crippen molar-refractivity contribution in [2.24, 2.45) is 5.10 Å². The van der Waals surface area contributed by atoms with Crippen LogP contribution in [0.1, 0.15) is 11.3 Å². The van der Waals surface area contributed by atoms with Crippen molar-refractivity contribution in [3.8, 4) is 11.3 Å². The summed E-state index contributed by atoms with van der Waals surface area (Å²) in [6, 6.07) is 18.1. The Labute approximate surface area is 177 Å². The number of hydrogen-bond acceptors (Lipinski definition) is 4. The van der Waals surface area contributed by atoms with Gasteiger partial charge in [0.05, 0.1) is 6.21 Å². The van der Waals surface area contributed by atoms with Crippen LogP contribution in [0.15, 0.2) is 70.2 Å². The minimum absolute atomic E-state index is 0.351. The van der Waals surface area contributed by atoms with E-state index in [9.17, 15) is 9.59 Å². The van der Waals surface area contributed by atoms with Gasteiger partial charge in [0.15, 0.2) is 0 Å². The second kappa shape index (κ2) is 9.91. The highest BCUT2D eigenvalue weighted by atomic mass is 35.5. The highest BCUT2D eigenvalue weighted by Crippen LogP contribution is 2.28. The summed E-state index contributed by atoms with van der Waals surface area (Å²) in [5.74, 6) is -0.684. The number of amides is 2. The zero-order valence-electron chi connectivity index (χ0n) is 15.2. The zero-order valence-corrected chi connectivity index (χ0v) is 16.7. The average molecular weight is 430 g/mol. The van der Waals surface area contributed by atoms with Crippen molar-refractivity contribution in [3.63, 3.8) is 0 Å². The van der Waals surface area contributed by atoms with Gasteiger partial charge < -0.3 is 9.73 Å². The quantitative estimate of drug-likeness (QED) is 0.352. The Morgan fingerprint density at radius 2 is 1.69 bits per heavy atom. The van der Waals surface area contributed by atoms with E-state index in [1.807, 2.05) is 30.3 Å². The van der Waals surface area contributed by atoms with Crippen LogP contribution < -0.4 is 10.7 Å². The lowest BCUT2D eigenvalue weighted by molar-refractivity contribution is -0.139. The van der Waals surface area contributed by atoms with Crippen LogP contribution in [0.3, 0.4) is 0 Å². The molecule has 1 heterocycles. The smallest absolute Gasteiger partial charge is 0.329 e. The number of rotatable bonds is 6. The summed E-state index contributed by atoms with van der Waals surface area (Å²) in [5.41, 5.74) is 3.95. The molecule has 0 aliphatic rings. The normalized spacial score (nSPS) is 10.8. The second-order valence-electron chi connectivity index (χ2n) is 6.05. The lowest BCUT2D eigenvalue weighted by atomic mass is 10.1.